The molecule has 0 atom stereocenters. The lowest BCUT2D eigenvalue weighted by molar-refractivity contribution is 0.551. The molecule has 4 heteroatoms. The maximum Gasteiger partial charge on any atom is 0.128 e. The fourth-order valence-corrected chi connectivity index (χ4v) is 1.89. The summed E-state index contributed by atoms with van der Waals surface area (Å²) in [5, 5.41) is 7.62. The van der Waals surface area contributed by atoms with Gasteiger partial charge in [0.05, 0.1) is 12.7 Å². The molecule has 2 rings (SSSR count). The molecule has 1 heterocycles. The van der Waals surface area contributed by atoms with E-state index in [4.69, 9.17) is 0 Å². The lowest BCUT2D eigenvalue weighted by Crippen LogP contribution is -2.18. The molecule has 102 valence electrons. The van der Waals surface area contributed by atoms with Crippen LogP contribution in [0, 0.1) is 11.7 Å². The van der Waals surface area contributed by atoms with E-state index in [2.05, 4.69) is 24.3 Å². The van der Waals surface area contributed by atoms with Gasteiger partial charge in [0.2, 0.25) is 0 Å². The van der Waals surface area contributed by atoms with E-state index in [9.17, 15) is 4.39 Å². The predicted octanol–water partition coefficient (Wildman–Crippen LogP) is 2.82. The van der Waals surface area contributed by atoms with Crippen molar-refractivity contribution in [2.75, 3.05) is 6.54 Å². The summed E-state index contributed by atoms with van der Waals surface area (Å²) in [6.45, 7) is 6.61. The first-order valence-electron chi connectivity index (χ1n) is 6.60. The van der Waals surface area contributed by atoms with Gasteiger partial charge in [0.1, 0.15) is 5.82 Å². The van der Waals surface area contributed by atoms with E-state index in [1.165, 1.54) is 6.07 Å². The minimum absolute atomic E-state index is 0.183. The Balaban J connectivity index is 1.92. The van der Waals surface area contributed by atoms with Gasteiger partial charge in [-0.2, -0.15) is 5.10 Å². The van der Waals surface area contributed by atoms with Crippen LogP contribution in [0.3, 0.4) is 0 Å². The molecule has 0 unspecified atom stereocenters. The molecule has 0 saturated carbocycles. The van der Waals surface area contributed by atoms with Gasteiger partial charge < -0.3 is 5.32 Å². The van der Waals surface area contributed by atoms with E-state index in [0.29, 0.717) is 18.0 Å². The van der Waals surface area contributed by atoms with Crippen molar-refractivity contribution in [3.63, 3.8) is 0 Å². The zero-order valence-electron chi connectivity index (χ0n) is 11.4. The van der Waals surface area contributed by atoms with E-state index in [1.54, 1.807) is 16.8 Å². The lowest BCUT2D eigenvalue weighted by atomic mass is 10.2. The summed E-state index contributed by atoms with van der Waals surface area (Å²) in [6.07, 6.45) is 3.79. The van der Waals surface area contributed by atoms with Gasteiger partial charge in [-0.3, -0.25) is 4.68 Å². The van der Waals surface area contributed by atoms with Crippen LogP contribution in [-0.4, -0.2) is 16.3 Å². The molecule has 2 aromatic rings. The maximum absolute atomic E-state index is 13.5. The van der Waals surface area contributed by atoms with Crippen molar-refractivity contribution in [1.29, 1.82) is 0 Å². The fourth-order valence-electron chi connectivity index (χ4n) is 1.89. The number of hydrogen-bond acceptors (Lipinski definition) is 2. The first-order valence-corrected chi connectivity index (χ1v) is 6.60. The van der Waals surface area contributed by atoms with Gasteiger partial charge in [-0.05, 0) is 18.5 Å². The topological polar surface area (TPSA) is 29.9 Å². The normalized spacial score (nSPS) is 11.2. The number of aromatic nitrogens is 2. The fraction of sp³-hybridized carbons (Fsp3) is 0.400. The van der Waals surface area contributed by atoms with Crippen LogP contribution in [0.4, 0.5) is 4.39 Å². The van der Waals surface area contributed by atoms with Crippen LogP contribution >= 0.6 is 0 Å². The molecule has 0 saturated heterocycles. The highest BCUT2D eigenvalue weighted by Crippen LogP contribution is 2.08. The number of hydrogen-bond donors (Lipinski definition) is 1. The standard InChI is InChI=1S/C15H20FN3/c1-12(2)7-17-8-13-9-18-19(10-13)11-14-5-3-4-6-15(14)16/h3-6,9-10,12,17H,7-8,11H2,1-2H3. The Kier molecular flexibility index (Phi) is 4.68. The van der Waals surface area contributed by atoms with Crippen LogP contribution in [0.5, 0.6) is 0 Å². The van der Waals surface area contributed by atoms with Gasteiger partial charge in [-0.1, -0.05) is 32.0 Å². The van der Waals surface area contributed by atoms with Gasteiger partial charge >= 0.3 is 0 Å². The second-order valence-electron chi connectivity index (χ2n) is 5.16. The third-order valence-corrected chi connectivity index (χ3v) is 2.86. The molecule has 0 bridgehead atoms. The maximum atomic E-state index is 13.5. The molecule has 0 aliphatic heterocycles. The molecule has 0 aliphatic rings. The summed E-state index contributed by atoms with van der Waals surface area (Å²) in [7, 11) is 0. The molecule has 1 N–H and O–H groups in total. The SMILES string of the molecule is CC(C)CNCc1cnn(Cc2ccccc2F)c1. The highest BCUT2D eigenvalue weighted by Gasteiger charge is 2.04. The highest BCUT2D eigenvalue weighted by molar-refractivity contribution is 5.18. The van der Waals surface area contributed by atoms with Crippen molar-refractivity contribution in [3.8, 4) is 0 Å². The monoisotopic (exact) mass is 261 g/mol. The second-order valence-corrected chi connectivity index (χ2v) is 5.16. The van der Waals surface area contributed by atoms with Crippen molar-refractivity contribution < 1.29 is 4.39 Å². The Bertz CT molecular complexity index is 520. The van der Waals surface area contributed by atoms with Gasteiger partial charge in [-0.25, -0.2) is 4.39 Å². The average molecular weight is 261 g/mol. The molecule has 19 heavy (non-hydrogen) atoms. The molecular weight excluding hydrogens is 241 g/mol. The molecule has 1 aromatic heterocycles. The molecule has 0 radical (unpaired) electrons. The summed E-state index contributed by atoms with van der Waals surface area (Å²) in [4.78, 5) is 0. The van der Waals surface area contributed by atoms with Crippen LogP contribution in [0.1, 0.15) is 25.0 Å². The summed E-state index contributed by atoms with van der Waals surface area (Å²) in [5.74, 6) is 0.450. The molecule has 3 nitrogen and oxygen atoms in total. The minimum Gasteiger partial charge on any atom is -0.312 e. The van der Waals surface area contributed by atoms with Crippen LogP contribution in [-0.2, 0) is 13.1 Å². The predicted molar refractivity (Wildman–Crippen MR) is 74.3 cm³/mol. The van der Waals surface area contributed by atoms with E-state index >= 15 is 0 Å². The molecular formula is C15H20FN3. The van der Waals surface area contributed by atoms with E-state index in [-0.39, 0.29) is 5.82 Å². The summed E-state index contributed by atoms with van der Waals surface area (Å²) >= 11 is 0. The Morgan fingerprint density at radius 2 is 2.11 bits per heavy atom. The summed E-state index contributed by atoms with van der Waals surface area (Å²) in [5.41, 5.74) is 1.78. The third-order valence-electron chi connectivity index (χ3n) is 2.86. The molecule has 1 aromatic carbocycles. The third kappa shape index (κ3) is 4.17. The Labute approximate surface area is 113 Å². The molecule has 0 spiro atoms. The second kappa shape index (κ2) is 6.48. The van der Waals surface area contributed by atoms with Crippen molar-refractivity contribution in [2.24, 2.45) is 5.92 Å². The van der Waals surface area contributed by atoms with Gasteiger partial charge in [0.15, 0.2) is 0 Å². The zero-order chi connectivity index (χ0) is 13.7. The first kappa shape index (κ1) is 13.7. The quantitative estimate of drug-likeness (QED) is 0.866. The van der Waals surface area contributed by atoms with Gasteiger partial charge in [0, 0.05) is 23.9 Å². The molecule has 0 fully saturated rings. The largest absolute Gasteiger partial charge is 0.312 e. The average Bonchev–Trinajstić information content (AvgIpc) is 2.79. The summed E-state index contributed by atoms with van der Waals surface area (Å²) < 4.78 is 15.3. The molecule has 0 amide bonds. The highest BCUT2D eigenvalue weighted by atomic mass is 19.1. The van der Waals surface area contributed by atoms with Crippen LogP contribution in [0.15, 0.2) is 36.7 Å². The number of rotatable bonds is 6. The minimum atomic E-state index is -0.183. The Morgan fingerprint density at radius 3 is 2.84 bits per heavy atom. The van der Waals surface area contributed by atoms with Crippen molar-refractivity contribution >= 4 is 0 Å². The van der Waals surface area contributed by atoms with Crippen molar-refractivity contribution in [1.82, 2.24) is 15.1 Å². The number of benzene rings is 1. The molecule has 0 aliphatic carbocycles. The first-order chi connectivity index (χ1) is 9.15. The van der Waals surface area contributed by atoms with Crippen molar-refractivity contribution in [2.45, 2.75) is 26.9 Å². The number of nitrogens with zero attached hydrogens (tertiary/aromatic N) is 2. The van der Waals surface area contributed by atoms with E-state index in [1.807, 2.05) is 18.5 Å². The number of halogens is 1. The van der Waals surface area contributed by atoms with Crippen LogP contribution in [0.2, 0.25) is 0 Å². The lowest BCUT2D eigenvalue weighted by Gasteiger charge is -2.05. The van der Waals surface area contributed by atoms with Gasteiger partial charge in [0.25, 0.3) is 0 Å². The summed E-state index contributed by atoms with van der Waals surface area (Å²) in [6, 6.07) is 6.80. The van der Waals surface area contributed by atoms with Crippen LogP contribution < -0.4 is 5.32 Å². The van der Waals surface area contributed by atoms with Gasteiger partial charge in [-0.15, -0.1) is 0 Å². The van der Waals surface area contributed by atoms with Crippen molar-refractivity contribution in [3.05, 3.63) is 53.6 Å². The van der Waals surface area contributed by atoms with E-state index < -0.39 is 0 Å². The number of nitrogens with one attached hydrogen (secondary N) is 1. The zero-order valence-corrected chi connectivity index (χ0v) is 11.4. The Hall–Kier alpha value is -1.68. The van der Waals surface area contributed by atoms with Crippen LogP contribution in [0.25, 0.3) is 0 Å². The Morgan fingerprint density at radius 1 is 1.32 bits per heavy atom. The smallest absolute Gasteiger partial charge is 0.128 e. The van der Waals surface area contributed by atoms with E-state index in [0.717, 1.165) is 18.7 Å².